The predicted octanol–water partition coefficient (Wildman–Crippen LogP) is 2.47. The van der Waals surface area contributed by atoms with Gasteiger partial charge in [0.05, 0.1) is 16.6 Å². The summed E-state index contributed by atoms with van der Waals surface area (Å²) in [6.45, 7) is 7.23. The molecule has 0 amide bonds. The Morgan fingerprint density at radius 2 is 1.94 bits per heavy atom. The molecule has 0 spiro atoms. The summed E-state index contributed by atoms with van der Waals surface area (Å²) in [5.41, 5.74) is 0.886. The van der Waals surface area contributed by atoms with Crippen molar-refractivity contribution in [3.05, 3.63) is 18.3 Å². The summed E-state index contributed by atoms with van der Waals surface area (Å²) in [6.07, 6.45) is 2.77. The first-order chi connectivity index (χ1) is 8.22. The minimum atomic E-state index is -3.36. The van der Waals surface area contributed by atoms with Crippen LogP contribution >= 0.6 is 0 Å². The largest absolute Gasteiger partial charge is 0.381 e. The van der Waals surface area contributed by atoms with Crippen molar-refractivity contribution in [3.8, 4) is 0 Å². The molecule has 5 heteroatoms. The van der Waals surface area contributed by atoms with Crippen LogP contribution in [0.5, 0.6) is 0 Å². The standard InChI is InChI=1S/C13H20N2O2S/c1-9-7-11(9)15-10-5-6-12(14-8-10)18(16,17)13(2,3)4/h5-6,8-9,11,15H,7H2,1-4H3. The summed E-state index contributed by atoms with van der Waals surface area (Å²) in [7, 11) is -3.36. The van der Waals surface area contributed by atoms with Gasteiger partial charge >= 0.3 is 0 Å². The van der Waals surface area contributed by atoms with E-state index in [2.05, 4.69) is 17.2 Å². The lowest BCUT2D eigenvalue weighted by molar-refractivity contribution is 0.556. The summed E-state index contributed by atoms with van der Waals surface area (Å²) < 4.78 is 23.5. The monoisotopic (exact) mass is 268 g/mol. The van der Waals surface area contributed by atoms with Crippen LogP contribution in [0, 0.1) is 5.92 Å². The van der Waals surface area contributed by atoms with Crippen LogP contribution in [-0.2, 0) is 9.84 Å². The van der Waals surface area contributed by atoms with Gasteiger partial charge in [0.2, 0.25) is 0 Å². The number of hydrogen-bond acceptors (Lipinski definition) is 4. The van der Waals surface area contributed by atoms with E-state index in [1.807, 2.05) is 0 Å². The molecule has 4 nitrogen and oxygen atoms in total. The molecule has 1 aromatic heterocycles. The van der Waals surface area contributed by atoms with Gasteiger partial charge in [0, 0.05) is 6.04 Å². The van der Waals surface area contributed by atoms with Crippen molar-refractivity contribution >= 4 is 15.5 Å². The minimum absolute atomic E-state index is 0.143. The molecule has 1 saturated carbocycles. The molecule has 0 bridgehead atoms. The Labute approximate surface area is 109 Å². The molecule has 1 fully saturated rings. The number of aromatic nitrogens is 1. The van der Waals surface area contributed by atoms with E-state index in [1.165, 1.54) is 6.42 Å². The van der Waals surface area contributed by atoms with E-state index in [-0.39, 0.29) is 5.03 Å². The highest BCUT2D eigenvalue weighted by Crippen LogP contribution is 2.32. The van der Waals surface area contributed by atoms with E-state index in [4.69, 9.17) is 0 Å². The van der Waals surface area contributed by atoms with Gasteiger partial charge in [-0.05, 0) is 45.2 Å². The molecule has 1 aliphatic carbocycles. The number of rotatable bonds is 3. The van der Waals surface area contributed by atoms with Crippen molar-refractivity contribution in [2.45, 2.75) is 49.9 Å². The maximum atomic E-state index is 12.2. The highest BCUT2D eigenvalue weighted by atomic mass is 32.2. The molecule has 2 unspecified atom stereocenters. The van der Waals surface area contributed by atoms with Crippen molar-refractivity contribution < 1.29 is 8.42 Å². The van der Waals surface area contributed by atoms with E-state index in [0.717, 1.165) is 5.69 Å². The van der Waals surface area contributed by atoms with Crippen molar-refractivity contribution in [2.75, 3.05) is 5.32 Å². The van der Waals surface area contributed by atoms with Gasteiger partial charge < -0.3 is 5.32 Å². The topological polar surface area (TPSA) is 59.1 Å². The number of pyridine rings is 1. The molecule has 1 heterocycles. The second-order valence-corrected chi connectivity index (χ2v) is 8.61. The molecule has 0 saturated heterocycles. The summed E-state index contributed by atoms with van der Waals surface area (Å²) in [6, 6.07) is 3.88. The smallest absolute Gasteiger partial charge is 0.200 e. The summed E-state index contributed by atoms with van der Waals surface area (Å²) in [5, 5.41) is 3.47. The lowest BCUT2D eigenvalue weighted by atomic mass is 10.3. The normalized spacial score (nSPS) is 23.8. The fraction of sp³-hybridized carbons (Fsp3) is 0.615. The van der Waals surface area contributed by atoms with Crippen LogP contribution in [0.3, 0.4) is 0 Å². The van der Waals surface area contributed by atoms with Crippen LogP contribution in [0.4, 0.5) is 5.69 Å². The Bertz CT molecular complexity index is 529. The predicted molar refractivity (Wildman–Crippen MR) is 72.4 cm³/mol. The average molecular weight is 268 g/mol. The Morgan fingerprint density at radius 3 is 2.33 bits per heavy atom. The van der Waals surface area contributed by atoms with E-state index in [1.54, 1.807) is 39.1 Å². The van der Waals surface area contributed by atoms with E-state index in [0.29, 0.717) is 12.0 Å². The van der Waals surface area contributed by atoms with Crippen LogP contribution in [0.15, 0.2) is 23.4 Å². The van der Waals surface area contributed by atoms with E-state index in [9.17, 15) is 8.42 Å². The fourth-order valence-electron chi connectivity index (χ4n) is 1.68. The third-order valence-electron chi connectivity index (χ3n) is 3.28. The molecule has 2 rings (SSSR count). The van der Waals surface area contributed by atoms with Gasteiger partial charge in [0.1, 0.15) is 0 Å². The SMILES string of the molecule is CC1CC1Nc1ccc(S(=O)(=O)C(C)(C)C)nc1. The molecule has 0 aromatic carbocycles. The van der Waals surface area contributed by atoms with Crippen LogP contribution in [0.25, 0.3) is 0 Å². The van der Waals surface area contributed by atoms with Crippen molar-refractivity contribution in [1.82, 2.24) is 4.98 Å². The molecule has 0 radical (unpaired) electrons. The van der Waals surface area contributed by atoms with Crippen LogP contribution in [0.2, 0.25) is 0 Å². The number of sulfone groups is 1. The Hall–Kier alpha value is -1.10. The van der Waals surface area contributed by atoms with Crippen LogP contribution in [-0.4, -0.2) is 24.2 Å². The lowest BCUT2D eigenvalue weighted by Gasteiger charge is -2.18. The summed E-state index contributed by atoms with van der Waals surface area (Å²) in [4.78, 5) is 4.07. The van der Waals surface area contributed by atoms with Gasteiger partial charge in [0.25, 0.3) is 0 Å². The third kappa shape index (κ3) is 2.51. The Kier molecular flexibility index (Phi) is 3.13. The number of hydrogen-bond donors (Lipinski definition) is 1. The third-order valence-corrected chi connectivity index (χ3v) is 5.68. The first kappa shape index (κ1) is 13.3. The minimum Gasteiger partial charge on any atom is -0.381 e. The zero-order valence-corrected chi connectivity index (χ0v) is 12.1. The average Bonchev–Trinajstić information content (AvgIpc) is 2.93. The van der Waals surface area contributed by atoms with E-state index < -0.39 is 14.6 Å². The maximum absolute atomic E-state index is 12.2. The summed E-state index contributed by atoms with van der Waals surface area (Å²) in [5.74, 6) is 0.697. The second-order valence-electron chi connectivity index (χ2n) is 5.96. The molecule has 2 atom stereocenters. The second kappa shape index (κ2) is 4.23. The van der Waals surface area contributed by atoms with Crippen LogP contribution in [0.1, 0.15) is 34.1 Å². The van der Waals surface area contributed by atoms with Gasteiger partial charge in [-0.25, -0.2) is 13.4 Å². The molecular formula is C13H20N2O2S. The first-order valence-electron chi connectivity index (χ1n) is 6.19. The fourth-order valence-corrected chi connectivity index (χ4v) is 2.74. The molecule has 1 aliphatic rings. The number of nitrogens with zero attached hydrogens (tertiary/aromatic N) is 1. The quantitative estimate of drug-likeness (QED) is 0.915. The lowest BCUT2D eigenvalue weighted by Crippen LogP contribution is -2.28. The Morgan fingerprint density at radius 1 is 1.33 bits per heavy atom. The van der Waals surface area contributed by atoms with Gasteiger partial charge in [-0.2, -0.15) is 0 Å². The molecule has 1 N–H and O–H groups in total. The van der Waals surface area contributed by atoms with Crippen LogP contribution < -0.4 is 5.32 Å². The molecule has 1 aromatic rings. The number of nitrogens with one attached hydrogen (secondary N) is 1. The highest BCUT2D eigenvalue weighted by molar-refractivity contribution is 7.92. The molecule has 0 aliphatic heterocycles. The van der Waals surface area contributed by atoms with Gasteiger partial charge in [-0.1, -0.05) is 6.92 Å². The summed E-state index contributed by atoms with van der Waals surface area (Å²) >= 11 is 0. The van der Waals surface area contributed by atoms with Gasteiger partial charge in [-0.15, -0.1) is 0 Å². The molecule has 100 valence electrons. The molecule has 18 heavy (non-hydrogen) atoms. The zero-order chi connectivity index (χ0) is 13.6. The van der Waals surface area contributed by atoms with E-state index >= 15 is 0 Å². The van der Waals surface area contributed by atoms with Crippen molar-refractivity contribution in [3.63, 3.8) is 0 Å². The zero-order valence-electron chi connectivity index (χ0n) is 11.3. The number of anilines is 1. The molecular weight excluding hydrogens is 248 g/mol. The van der Waals surface area contributed by atoms with Crippen molar-refractivity contribution in [2.24, 2.45) is 5.92 Å². The Balaban J connectivity index is 2.17. The van der Waals surface area contributed by atoms with Crippen molar-refractivity contribution in [1.29, 1.82) is 0 Å². The van der Waals surface area contributed by atoms with Gasteiger partial charge in [0.15, 0.2) is 14.9 Å². The maximum Gasteiger partial charge on any atom is 0.200 e. The highest BCUT2D eigenvalue weighted by Gasteiger charge is 2.33. The van der Waals surface area contributed by atoms with Gasteiger partial charge in [-0.3, -0.25) is 0 Å². The first-order valence-corrected chi connectivity index (χ1v) is 7.67.